The maximum Gasteiger partial charge on any atom is 0.219 e. The first-order valence-electron chi connectivity index (χ1n) is 6.33. The topological polar surface area (TPSA) is 45.5 Å². The van der Waals surface area contributed by atoms with Crippen LogP contribution in [0.2, 0.25) is 0 Å². The van der Waals surface area contributed by atoms with E-state index in [4.69, 9.17) is 4.42 Å². The molecule has 0 saturated carbocycles. The molecule has 1 heterocycles. The zero-order valence-electron chi connectivity index (χ0n) is 11.5. The largest absolute Gasteiger partial charge is 0.454 e. The van der Waals surface area contributed by atoms with Crippen molar-refractivity contribution in [2.45, 2.75) is 20.0 Å². The van der Waals surface area contributed by atoms with Gasteiger partial charge in [-0.25, -0.2) is 0 Å². The Bertz CT molecular complexity index is 595. The Balaban J connectivity index is 1.97. The molecular formula is C15H17IN2O2. The normalized spacial score (nSPS) is 10.3. The van der Waals surface area contributed by atoms with Gasteiger partial charge in [0.05, 0.1) is 6.54 Å². The van der Waals surface area contributed by atoms with E-state index in [2.05, 4.69) is 27.9 Å². The lowest BCUT2D eigenvalue weighted by Gasteiger charge is -2.15. The number of rotatable bonds is 5. The summed E-state index contributed by atoms with van der Waals surface area (Å²) in [6, 6.07) is 12.0. The van der Waals surface area contributed by atoms with Crippen molar-refractivity contribution in [2.75, 3.05) is 12.4 Å². The first kappa shape index (κ1) is 14.9. The minimum absolute atomic E-state index is 0.0634. The molecule has 20 heavy (non-hydrogen) atoms. The Kier molecular flexibility index (Phi) is 5.05. The van der Waals surface area contributed by atoms with Crippen LogP contribution < -0.4 is 5.32 Å². The zero-order chi connectivity index (χ0) is 14.5. The Labute approximate surface area is 132 Å². The van der Waals surface area contributed by atoms with Crippen LogP contribution in [0.15, 0.2) is 40.8 Å². The minimum atomic E-state index is 0.0634. The molecule has 2 aromatic rings. The van der Waals surface area contributed by atoms with Crippen LogP contribution in [0.3, 0.4) is 0 Å². The fraction of sp³-hybridized carbons (Fsp3) is 0.267. The Hall–Kier alpha value is -1.50. The van der Waals surface area contributed by atoms with Gasteiger partial charge >= 0.3 is 0 Å². The second-order valence-corrected chi connectivity index (χ2v) is 5.70. The standard InChI is InChI=1S/C15H17IN2O2/c1-11(19)18(2)10-12-4-3-5-13(8-12)17-9-14-6-7-15(16)20-14/h3-8,17H,9-10H2,1-2H3. The summed E-state index contributed by atoms with van der Waals surface area (Å²) in [5.74, 6) is 0.967. The van der Waals surface area contributed by atoms with Crippen molar-refractivity contribution < 1.29 is 9.21 Å². The predicted molar refractivity (Wildman–Crippen MR) is 87.3 cm³/mol. The van der Waals surface area contributed by atoms with Crippen LogP contribution in [0.5, 0.6) is 0 Å². The van der Waals surface area contributed by atoms with Crippen LogP contribution in [-0.2, 0) is 17.9 Å². The number of amides is 1. The summed E-state index contributed by atoms with van der Waals surface area (Å²) < 4.78 is 6.39. The molecular weight excluding hydrogens is 367 g/mol. The lowest BCUT2D eigenvalue weighted by Crippen LogP contribution is -2.22. The molecule has 0 unspecified atom stereocenters. The van der Waals surface area contributed by atoms with Crippen LogP contribution in [0, 0.1) is 3.77 Å². The summed E-state index contributed by atoms with van der Waals surface area (Å²) in [6.45, 7) is 2.83. The maximum absolute atomic E-state index is 11.2. The van der Waals surface area contributed by atoms with Gasteiger partial charge in [0.25, 0.3) is 0 Å². The predicted octanol–water partition coefficient (Wildman–Crippen LogP) is 3.47. The molecule has 0 aliphatic heterocycles. The SMILES string of the molecule is CC(=O)N(C)Cc1cccc(NCc2ccc(I)o2)c1. The third kappa shape index (κ3) is 4.26. The van der Waals surface area contributed by atoms with Crippen molar-refractivity contribution in [3.05, 3.63) is 51.5 Å². The van der Waals surface area contributed by atoms with Crippen molar-refractivity contribution in [2.24, 2.45) is 0 Å². The molecule has 0 bridgehead atoms. The first-order valence-corrected chi connectivity index (χ1v) is 7.41. The molecule has 0 saturated heterocycles. The second kappa shape index (κ2) is 6.78. The van der Waals surface area contributed by atoms with Crippen LogP contribution in [-0.4, -0.2) is 17.9 Å². The Morgan fingerprint density at radius 2 is 2.15 bits per heavy atom. The molecule has 0 atom stereocenters. The third-order valence-corrected chi connectivity index (χ3v) is 3.56. The lowest BCUT2D eigenvalue weighted by atomic mass is 10.2. The molecule has 0 spiro atoms. The fourth-order valence-electron chi connectivity index (χ4n) is 1.80. The van der Waals surface area contributed by atoms with Gasteiger partial charge in [0.1, 0.15) is 5.76 Å². The van der Waals surface area contributed by atoms with Crippen molar-refractivity contribution >= 4 is 34.2 Å². The van der Waals surface area contributed by atoms with Crippen LogP contribution >= 0.6 is 22.6 Å². The van der Waals surface area contributed by atoms with Crippen molar-refractivity contribution in [1.29, 1.82) is 0 Å². The molecule has 106 valence electrons. The van der Waals surface area contributed by atoms with Crippen LogP contribution in [0.1, 0.15) is 18.2 Å². The van der Waals surface area contributed by atoms with Gasteiger partial charge in [-0.3, -0.25) is 4.79 Å². The average molecular weight is 384 g/mol. The van der Waals surface area contributed by atoms with Gasteiger partial charge in [-0.2, -0.15) is 0 Å². The van der Waals surface area contributed by atoms with Gasteiger partial charge in [-0.05, 0) is 52.4 Å². The van der Waals surface area contributed by atoms with E-state index >= 15 is 0 Å². The van der Waals surface area contributed by atoms with Gasteiger partial charge in [-0.15, -0.1) is 0 Å². The molecule has 0 aliphatic carbocycles. The molecule has 4 nitrogen and oxygen atoms in total. The number of benzene rings is 1. The van der Waals surface area contributed by atoms with Gasteiger partial charge in [0.15, 0.2) is 3.77 Å². The molecule has 0 fully saturated rings. The number of nitrogens with one attached hydrogen (secondary N) is 1. The van der Waals surface area contributed by atoms with Crippen molar-refractivity contribution in [1.82, 2.24) is 4.90 Å². The molecule has 1 N–H and O–H groups in total. The molecule has 2 rings (SSSR count). The van der Waals surface area contributed by atoms with Gasteiger partial charge in [0, 0.05) is 26.2 Å². The monoisotopic (exact) mass is 384 g/mol. The van der Waals surface area contributed by atoms with E-state index in [1.807, 2.05) is 36.4 Å². The van der Waals surface area contributed by atoms with E-state index in [1.165, 1.54) is 0 Å². The van der Waals surface area contributed by atoms with Gasteiger partial charge in [0.2, 0.25) is 5.91 Å². The highest BCUT2D eigenvalue weighted by molar-refractivity contribution is 14.1. The van der Waals surface area contributed by atoms with E-state index in [-0.39, 0.29) is 5.91 Å². The highest BCUT2D eigenvalue weighted by Crippen LogP contribution is 2.15. The zero-order valence-corrected chi connectivity index (χ0v) is 13.7. The quantitative estimate of drug-likeness (QED) is 0.804. The number of halogens is 1. The van der Waals surface area contributed by atoms with E-state index in [0.29, 0.717) is 13.1 Å². The molecule has 0 radical (unpaired) electrons. The molecule has 5 heteroatoms. The lowest BCUT2D eigenvalue weighted by molar-refractivity contribution is -0.128. The van der Waals surface area contributed by atoms with Crippen molar-refractivity contribution in [3.63, 3.8) is 0 Å². The van der Waals surface area contributed by atoms with Crippen molar-refractivity contribution in [3.8, 4) is 0 Å². The molecule has 1 amide bonds. The number of furan rings is 1. The first-order chi connectivity index (χ1) is 9.54. The maximum atomic E-state index is 11.2. The number of carbonyl (C=O) groups is 1. The number of hydrogen-bond acceptors (Lipinski definition) is 3. The molecule has 1 aromatic heterocycles. The van der Waals surface area contributed by atoms with Crippen LogP contribution in [0.25, 0.3) is 0 Å². The summed E-state index contributed by atoms with van der Waals surface area (Å²) in [5.41, 5.74) is 2.12. The van der Waals surface area contributed by atoms with E-state index in [0.717, 1.165) is 20.8 Å². The number of hydrogen-bond donors (Lipinski definition) is 1. The van der Waals surface area contributed by atoms with Gasteiger partial charge in [-0.1, -0.05) is 12.1 Å². The smallest absolute Gasteiger partial charge is 0.219 e. The molecule has 0 aliphatic rings. The summed E-state index contributed by atoms with van der Waals surface area (Å²) in [4.78, 5) is 12.9. The average Bonchev–Trinajstić information content (AvgIpc) is 2.82. The van der Waals surface area contributed by atoms with E-state index < -0.39 is 0 Å². The number of carbonyl (C=O) groups excluding carboxylic acids is 1. The third-order valence-electron chi connectivity index (χ3n) is 2.98. The second-order valence-electron chi connectivity index (χ2n) is 4.63. The summed E-state index contributed by atoms with van der Waals surface area (Å²) in [5, 5.41) is 3.32. The van der Waals surface area contributed by atoms with Crippen LogP contribution in [0.4, 0.5) is 5.69 Å². The summed E-state index contributed by atoms with van der Waals surface area (Å²) >= 11 is 2.15. The highest BCUT2D eigenvalue weighted by atomic mass is 127. The Morgan fingerprint density at radius 1 is 1.35 bits per heavy atom. The highest BCUT2D eigenvalue weighted by Gasteiger charge is 2.04. The number of anilines is 1. The van der Waals surface area contributed by atoms with E-state index in [1.54, 1.807) is 18.9 Å². The van der Waals surface area contributed by atoms with E-state index in [9.17, 15) is 4.79 Å². The fourth-order valence-corrected chi connectivity index (χ4v) is 2.26. The summed E-state index contributed by atoms with van der Waals surface area (Å²) in [7, 11) is 1.80. The van der Waals surface area contributed by atoms with Gasteiger partial charge < -0.3 is 14.6 Å². The minimum Gasteiger partial charge on any atom is -0.454 e. The summed E-state index contributed by atoms with van der Waals surface area (Å²) in [6.07, 6.45) is 0. The molecule has 1 aromatic carbocycles. The number of nitrogens with zero attached hydrogens (tertiary/aromatic N) is 1. The Morgan fingerprint density at radius 3 is 2.80 bits per heavy atom.